The first kappa shape index (κ1) is 12.9. The van der Waals surface area contributed by atoms with Crippen molar-refractivity contribution in [2.45, 2.75) is 5.92 Å². The molecule has 20 heavy (non-hydrogen) atoms. The van der Waals surface area contributed by atoms with Crippen LogP contribution >= 0.6 is 15.9 Å². The molecule has 6 heteroatoms. The fourth-order valence-electron chi connectivity index (χ4n) is 2.45. The van der Waals surface area contributed by atoms with Gasteiger partial charge in [0.05, 0.1) is 0 Å². The quantitative estimate of drug-likeness (QED) is 0.886. The van der Waals surface area contributed by atoms with Crippen molar-refractivity contribution in [3.63, 3.8) is 0 Å². The third-order valence-electron chi connectivity index (χ3n) is 3.39. The summed E-state index contributed by atoms with van der Waals surface area (Å²) in [6.45, 7) is 0.157. The average Bonchev–Trinajstić information content (AvgIpc) is 3.02. The van der Waals surface area contributed by atoms with Crippen LogP contribution in [0.2, 0.25) is 0 Å². The fourth-order valence-corrected chi connectivity index (χ4v) is 2.79. The molecule has 0 saturated carbocycles. The van der Waals surface area contributed by atoms with Crippen LogP contribution in [-0.2, 0) is 4.79 Å². The minimum atomic E-state index is -0.916. The van der Waals surface area contributed by atoms with E-state index in [1.807, 2.05) is 0 Å². The van der Waals surface area contributed by atoms with Gasteiger partial charge in [0.15, 0.2) is 0 Å². The summed E-state index contributed by atoms with van der Waals surface area (Å²) in [6, 6.07) is 8.79. The Kier molecular flexibility index (Phi) is 3.10. The lowest BCUT2D eigenvalue weighted by molar-refractivity contribution is -0.138. The van der Waals surface area contributed by atoms with Gasteiger partial charge in [-0.25, -0.2) is 0 Å². The van der Waals surface area contributed by atoms with Crippen molar-refractivity contribution in [3.05, 3.63) is 52.3 Å². The van der Waals surface area contributed by atoms with Crippen LogP contribution in [0.25, 0.3) is 0 Å². The smallest absolute Gasteiger partial charge is 0.312 e. The Labute approximate surface area is 123 Å². The molecule has 1 aliphatic heterocycles. The van der Waals surface area contributed by atoms with Crippen LogP contribution < -0.4 is 4.90 Å². The third kappa shape index (κ3) is 2.02. The highest BCUT2D eigenvalue weighted by Crippen LogP contribution is 2.37. The lowest BCUT2D eigenvalue weighted by Crippen LogP contribution is -2.31. The van der Waals surface area contributed by atoms with Crippen molar-refractivity contribution < 1.29 is 14.7 Å². The summed E-state index contributed by atoms with van der Waals surface area (Å²) in [5, 5.41) is 9.28. The van der Waals surface area contributed by atoms with Gasteiger partial charge in [-0.05, 0) is 33.6 Å². The number of benzene rings is 1. The largest absolute Gasteiger partial charge is 0.481 e. The number of para-hydroxylation sites is 1. The molecule has 2 heterocycles. The zero-order valence-electron chi connectivity index (χ0n) is 10.3. The highest BCUT2D eigenvalue weighted by Gasteiger charge is 2.36. The second kappa shape index (κ2) is 4.79. The molecule has 1 aromatic carbocycles. The van der Waals surface area contributed by atoms with Gasteiger partial charge < -0.3 is 15.0 Å². The van der Waals surface area contributed by atoms with Crippen molar-refractivity contribution in [3.8, 4) is 0 Å². The molecular weight excluding hydrogens is 324 g/mol. The van der Waals surface area contributed by atoms with Crippen LogP contribution in [-0.4, -0.2) is 28.5 Å². The summed E-state index contributed by atoms with van der Waals surface area (Å²) < 4.78 is 0.781. The molecule has 1 aromatic heterocycles. The van der Waals surface area contributed by atoms with Crippen LogP contribution in [0.15, 0.2) is 41.0 Å². The molecule has 0 spiro atoms. The predicted molar refractivity (Wildman–Crippen MR) is 77.0 cm³/mol. The Morgan fingerprint density at radius 3 is 2.75 bits per heavy atom. The lowest BCUT2D eigenvalue weighted by atomic mass is 10.0. The number of carboxylic acids is 1. The molecule has 2 aromatic rings. The van der Waals surface area contributed by atoms with Gasteiger partial charge in [0.1, 0.15) is 11.6 Å². The molecule has 1 unspecified atom stereocenters. The summed E-state index contributed by atoms with van der Waals surface area (Å²) in [5.41, 5.74) is 1.77. The predicted octanol–water partition coefficient (Wildman–Crippen LogP) is 2.61. The Hall–Kier alpha value is -2.08. The van der Waals surface area contributed by atoms with E-state index in [4.69, 9.17) is 0 Å². The van der Waals surface area contributed by atoms with Gasteiger partial charge in [-0.1, -0.05) is 18.2 Å². The third-order valence-corrected chi connectivity index (χ3v) is 3.85. The summed E-state index contributed by atoms with van der Waals surface area (Å²) >= 11 is 3.28. The SMILES string of the molecule is O=C(O)C1CN(C(=O)c2cc(Br)c[nH]2)c2ccccc21. The van der Waals surface area contributed by atoms with E-state index in [2.05, 4.69) is 20.9 Å². The first-order valence-electron chi connectivity index (χ1n) is 6.05. The van der Waals surface area contributed by atoms with Crippen LogP contribution in [0, 0.1) is 0 Å². The van der Waals surface area contributed by atoms with Crippen LogP contribution in [0.5, 0.6) is 0 Å². The number of fused-ring (bicyclic) bond motifs is 1. The number of aromatic amines is 1. The number of rotatable bonds is 2. The number of nitrogens with one attached hydrogen (secondary N) is 1. The van der Waals surface area contributed by atoms with E-state index in [0.29, 0.717) is 16.9 Å². The lowest BCUT2D eigenvalue weighted by Gasteiger charge is -2.16. The number of nitrogens with zero attached hydrogens (tertiary/aromatic N) is 1. The Morgan fingerprint density at radius 2 is 2.10 bits per heavy atom. The van der Waals surface area contributed by atoms with Crippen molar-refractivity contribution in [2.24, 2.45) is 0 Å². The summed E-state index contributed by atoms with van der Waals surface area (Å²) in [5.74, 6) is -1.82. The average molecular weight is 335 g/mol. The second-order valence-electron chi connectivity index (χ2n) is 4.60. The zero-order chi connectivity index (χ0) is 14.3. The van der Waals surface area contributed by atoms with Gasteiger partial charge in [0.2, 0.25) is 0 Å². The minimum Gasteiger partial charge on any atom is -0.481 e. The fraction of sp³-hybridized carbons (Fsp3) is 0.143. The van der Waals surface area contributed by atoms with Crippen LogP contribution in [0.4, 0.5) is 5.69 Å². The molecule has 1 atom stereocenters. The van der Waals surface area contributed by atoms with Gasteiger partial charge in [-0.2, -0.15) is 0 Å². The summed E-state index contributed by atoms with van der Waals surface area (Å²) in [7, 11) is 0. The molecule has 3 rings (SSSR count). The highest BCUT2D eigenvalue weighted by atomic mass is 79.9. The minimum absolute atomic E-state index is 0.157. The van der Waals surface area contributed by atoms with Crippen molar-refractivity contribution >= 4 is 33.5 Å². The molecule has 2 N–H and O–H groups in total. The highest BCUT2D eigenvalue weighted by molar-refractivity contribution is 9.10. The van der Waals surface area contributed by atoms with Gasteiger partial charge in [0, 0.05) is 22.9 Å². The molecule has 102 valence electrons. The monoisotopic (exact) mass is 334 g/mol. The second-order valence-corrected chi connectivity index (χ2v) is 5.51. The standard InChI is InChI=1S/C14H11BrN2O3/c15-8-5-11(16-6-8)13(18)17-7-10(14(19)20)9-3-1-2-4-12(9)17/h1-6,10,16H,7H2,(H,19,20). The van der Waals surface area contributed by atoms with E-state index in [1.165, 1.54) is 4.90 Å². The van der Waals surface area contributed by atoms with E-state index in [9.17, 15) is 14.7 Å². The number of aromatic nitrogens is 1. The van der Waals surface area contributed by atoms with Gasteiger partial charge >= 0.3 is 5.97 Å². The van der Waals surface area contributed by atoms with Gasteiger partial charge in [-0.3, -0.25) is 9.59 Å². The molecule has 0 radical (unpaired) electrons. The molecule has 0 saturated heterocycles. The van der Waals surface area contributed by atoms with Gasteiger partial charge in [-0.15, -0.1) is 0 Å². The number of hydrogen-bond acceptors (Lipinski definition) is 2. The number of H-pyrrole nitrogens is 1. The molecule has 5 nitrogen and oxygen atoms in total. The molecular formula is C14H11BrN2O3. The van der Waals surface area contributed by atoms with Crippen LogP contribution in [0.3, 0.4) is 0 Å². The maximum atomic E-state index is 12.5. The topological polar surface area (TPSA) is 73.4 Å². The number of carboxylic acid groups (broad SMARTS) is 1. The van der Waals surface area contributed by atoms with E-state index in [1.54, 1.807) is 36.5 Å². The first-order valence-corrected chi connectivity index (χ1v) is 6.84. The Morgan fingerprint density at radius 1 is 1.35 bits per heavy atom. The maximum absolute atomic E-state index is 12.5. The van der Waals surface area contributed by atoms with E-state index >= 15 is 0 Å². The molecule has 1 amide bonds. The van der Waals surface area contributed by atoms with E-state index in [0.717, 1.165) is 4.47 Å². The molecule has 0 aliphatic carbocycles. The zero-order valence-corrected chi connectivity index (χ0v) is 11.9. The summed E-state index contributed by atoms with van der Waals surface area (Å²) in [4.78, 5) is 28.2. The normalized spacial score (nSPS) is 17.1. The number of amides is 1. The van der Waals surface area contributed by atoms with E-state index < -0.39 is 11.9 Å². The number of carbonyl (C=O) groups excluding carboxylic acids is 1. The number of carbonyl (C=O) groups is 2. The van der Waals surface area contributed by atoms with E-state index in [-0.39, 0.29) is 12.5 Å². The first-order chi connectivity index (χ1) is 9.58. The van der Waals surface area contributed by atoms with Crippen LogP contribution in [0.1, 0.15) is 22.0 Å². The molecule has 1 aliphatic rings. The van der Waals surface area contributed by atoms with Crippen molar-refractivity contribution in [1.29, 1.82) is 0 Å². The summed E-state index contributed by atoms with van der Waals surface area (Å²) in [6.07, 6.45) is 1.67. The molecule has 0 bridgehead atoms. The number of aliphatic carboxylic acids is 1. The maximum Gasteiger partial charge on any atom is 0.312 e. The number of halogens is 1. The Balaban J connectivity index is 2.00. The number of anilines is 1. The van der Waals surface area contributed by atoms with Crippen molar-refractivity contribution in [1.82, 2.24) is 4.98 Å². The Bertz CT molecular complexity index is 695. The van der Waals surface area contributed by atoms with Gasteiger partial charge in [0.25, 0.3) is 5.91 Å². The van der Waals surface area contributed by atoms with Crippen molar-refractivity contribution in [2.75, 3.05) is 11.4 Å². The number of hydrogen-bond donors (Lipinski definition) is 2. The molecule has 0 fully saturated rings.